The molecule has 0 aliphatic carbocycles. The van der Waals surface area contributed by atoms with Crippen LogP contribution in [0.15, 0.2) is 78.4 Å². The van der Waals surface area contributed by atoms with Gasteiger partial charge < -0.3 is 24.4 Å². The number of rotatable bonds is 9. The molecule has 4 rings (SSSR count). The third-order valence-electron chi connectivity index (χ3n) is 6.17. The summed E-state index contributed by atoms with van der Waals surface area (Å²) in [5, 5.41) is 11.8. The molecule has 1 atom stereocenters. The highest BCUT2D eigenvalue weighted by atomic mass is 35.5. The fourth-order valence-electron chi connectivity index (χ4n) is 4.29. The van der Waals surface area contributed by atoms with E-state index < -0.39 is 17.7 Å². The molecule has 8 heteroatoms. The lowest BCUT2D eigenvalue weighted by molar-refractivity contribution is -0.140. The molecule has 1 N–H and O–H groups in total. The zero-order valence-electron chi connectivity index (χ0n) is 21.0. The molecule has 1 saturated heterocycles. The van der Waals surface area contributed by atoms with Crippen molar-refractivity contribution in [2.45, 2.75) is 12.6 Å². The molecular formula is C29H29ClN2O5. The van der Waals surface area contributed by atoms with Crippen molar-refractivity contribution < 1.29 is 24.2 Å². The van der Waals surface area contributed by atoms with Crippen LogP contribution in [0, 0.1) is 0 Å². The number of ether oxygens (including phenoxy) is 2. The second kappa shape index (κ2) is 11.5. The van der Waals surface area contributed by atoms with Gasteiger partial charge in [-0.3, -0.25) is 9.59 Å². The Morgan fingerprint density at radius 3 is 2.49 bits per heavy atom. The maximum atomic E-state index is 13.3. The first-order valence-electron chi connectivity index (χ1n) is 11.8. The number of methoxy groups -OCH3 is 1. The van der Waals surface area contributed by atoms with Crippen molar-refractivity contribution in [1.82, 2.24) is 9.80 Å². The number of amides is 1. The van der Waals surface area contributed by atoms with Gasteiger partial charge >= 0.3 is 0 Å². The van der Waals surface area contributed by atoms with Gasteiger partial charge in [0.15, 0.2) is 0 Å². The SMILES string of the molecule is COc1ccc(Cl)cc1/C(O)=C1\C(=O)C(=O)N(CCN(C)C)C1c1cccc(OCc2ccccc2)c1. The molecule has 0 bridgehead atoms. The van der Waals surface area contributed by atoms with Gasteiger partial charge in [-0.2, -0.15) is 0 Å². The number of nitrogens with zero attached hydrogens (tertiary/aromatic N) is 2. The number of carbonyl (C=O) groups is 2. The number of aliphatic hydroxyl groups excluding tert-OH is 1. The number of carbonyl (C=O) groups excluding carboxylic acids is 2. The number of Topliss-reactive ketones (excluding diaryl/α,β-unsaturated/α-hetero) is 1. The van der Waals surface area contributed by atoms with Crippen molar-refractivity contribution in [3.05, 3.63) is 100 Å². The van der Waals surface area contributed by atoms with Crippen molar-refractivity contribution >= 4 is 29.1 Å². The van der Waals surface area contributed by atoms with Crippen molar-refractivity contribution in [3.8, 4) is 11.5 Å². The van der Waals surface area contributed by atoms with Gasteiger partial charge in [0.1, 0.15) is 23.9 Å². The Hall–Kier alpha value is -3.81. The average Bonchev–Trinajstić information content (AvgIpc) is 3.16. The van der Waals surface area contributed by atoms with Gasteiger partial charge in [0.05, 0.1) is 24.3 Å². The summed E-state index contributed by atoms with van der Waals surface area (Å²) in [6.07, 6.45) is 0. The van der Waals surface area contributed by atoms with E-state index in [4.69, 9.17) is 21.1 Å². The van der Waals surface area contributed by atoms with Crippen LogP contribution in [0.2, 0.25) is 5.02 Å². The molecule has 1 fully saturated rings. The monoisotopic (exact) mass is 520 g/mol. The van der Waals surface area contributed by atoms with Crippen LogP contribution < -0.4 is 9.47 Å². The highest BCUT2D eigenvalue weighted by Crippen LogP contribution is 2.42. The van der Waals surface area contributed by atoms with Gasteiger partial charge in [-0.25, -0.2) is 0 Å². The van der Waals surface area contributed by atoms with Crippen LogP contribution in [0.25, 0.3) is 5.76 Å². The summed E-state index contributed by atoms with van der Waals surface area (Å²) >= 11 is 6.19. The predicted octanol–water partition coefficient (Wildman–Crippen LogP) is 4.91. The molecule has 1 aliphatic heterocycles. The fourth-order valence-corrected chi connectivity index (χ4v) is 4.46. The highest BCUT2D eigenvalue weighted by Gasteiger charge is 2.46. The molecule has 3 aromatic rings. The van der Waals surface area contributed by atoms with Gasteiger partial charge in [0.25, 0.3) is 11.7 Å². The van der Waals surface area contributed by atoms with E-state index >= 15 is 0 Å². The Balaban J connectivity index is 1.79. The Morgan fingerprint density at radius 1 is 1.03 bits per heavy atom. The van der Waals surface area contributed by atoms with Gasteiger partial charge in [0.2, 0.25) is 0 Å². The molecule has 0 aromatic heterocycles. The summed E-state index contributed by atoms with van der Waals surface area (Å²) in [5.41, 5.74) is 1.87. The molecular weight excluding hydrogens is 492 g/mol. The minimum Gasteiger partial charge on any atom is -0.507 e. The second-order valence-corrected chi connectivity index (χ2v) is 9.42. The number of likely N-dealkylation sites (tertiary alicyclic amines) is 1. The van der Waals surface area contributed by atoms with Crippen LogP contribution in [0.4, 0.5) is 0 Å². The van der Waals surface area contributed by atoms with Crippen LogP contribution in [0.1, 0.15) is 22.7 Å². The molecule has 0 radical (unpaired) electrons. The Bertz CT molecular complexity index is 1320. The number of hydrogen-bond donors (Lipinski definition) is 1. The second-order valence-electron chi connectivity index (χ2n) is 8.99. The summed E-state index contributed by atoms with van der Waals surface area (Å²) in [6, 6.07) is 20.9. The number of halogens is 1. The molecule has 0 saturated carbocycles. The lowest BCUT2D eigenvalue weighted by Gasteiger charge is -2.27. The van der Waals surface area contributed by atoms with Gasteiger partial charge in [-0.1, -0.05) is 54.1 Å². The van der Waals surface area contributed by atoms with Crippen LogP contribution in [-0.2, 0) is 16.2 Å². The predicted molar refractivity (Wildman–Crippen MR) is 143 cm³/mol. The summed E-state index contributed by atoms with van der Waals surface area (Å²) in [5.74, 6) is -0.866. The van der Waals surface area contributed by atoms with Crippen molar-refractivity contribution in [2.24, 2.45) is 0 Å². The van der Waals surface area contributed by atoms with E-state index in [9.17, 15) is 14.7 Å². The molecule has 1 heterocycles. The van der Waals surface area contributed by atoms with E-state index in [2.05, 4.69) is 0 Å². The molecule has 37 heavy (non-hydrogen) atoms. The molecule has 0 spiro atoms. The first-order valence-corrected chi connectivity index (χ1v) is 12.2. The average molecular weight is 521 g/mol. The number of likely N-dealkylation sites (N-methyl/N-ethyl adjacent to an activating group) is 1. The maximum Gasteiger partial charge on any atom is 0.295 e. The Morgan fingerprint density at radius 2 is 1.78 bits per heavy atom. The normalized spacial score (nSPS) is 16.9. The third kappa shape index (κ3) is 5.79. The lowest BCUT2D eigenvalue weighted by atomic mass is 9.95. The molecule has 192 valence electrons. The maximum absolute atomic E-state index is 13.3. The molecule has 1 unspecified atom stereocenters. The lowest BCUT2D eigenvalue weighted by Crippen LogP contribution is -2.35. The fraction of sp³-hybridized carbons (Fsp3) is 0.241. The van der Waals surface area contributed by atoms with Gasteiger partial charge in [0, 0.05) is 18.1 Å². The van der Waals surface area contributed by atoms with E-state index in [-0.39, 0.29) is 16.9 Å². The van der Waals surface area contributed by atoms with Crippen LogP contribution in [0.3, 0.4) is 0 Å². The van der Waals surface area contributed by atoms with E-state index in [0.29, 0.717) is 41.8 Å². The summed E-state index contributed by atoms with van der Waals surface area (Å²) in [4.78, 5) is 29.9. The van der Waals surface area contributed by atoms with E-state index in [0.717, 1.165) is 5.56 Å². The quantitative estimate of drug-likeness (QED) is 0.245. The molecule has 3 aromatic carbocycles. The zero-order valence-corrected chi connectivity index (χ0v) is 21.7. The third-order valence-corrected chi connectivity index (χ3v) is 6.40. The van der Waals surface area contributed by atoms with E-state index in [1.807, 2.05) is 67.5 Å². The van der Waals surface area contributed by atoms with Crippen LogP contribution >= 0.6 is 11.6 Å². The van der Waals surface area contributed by atoms with Crippen molar-refractivity contribution in [3.63, 3.8) is 0 Å². The number of hydrogen-bond acceptors (Lipinski definition) is 6. The molecule has 1 aliphatic rings. The highest BCUT2D eigenvalue weighted by molar-refractivity contribution is 6.46. The van der Waals surface area contributed by atoms with Gasteiger partial charge in [-0.15, -0.1) is 0 Å². The number of benzene rings is 3. The van der Waals surface area contributed by atoms with Crippen molar-refractivity contribution in [1.29, 1.82) is 0 Å². The first kappa shape index (κ1) is 26.3. The van der Waals surface area contributed by atoms with E-state index in [1.54, 1.807) is 18.2 Å². The number of aliphatic hydroxyl groups is 1. The molecule has 7 nitrogen and oxygen atoms in total. The van der Waals surface area contributed by atoms with Crippen LogP contribution in [-0.4, -0.2) is 60.9 Å². The van der Waals surface area contributed by atoms with Crippen LogP contribution in [0.5, 0.6) is 11.5 Å². The van der Waals surface area contributed by atoms with Crippen molar-refractivity contribution in [2.75, 3.05) is 34.3 Å². The minimum absolute atomic E-state index is 0.0236. The number of ketones is 1. The minimum atomic E-state index is -0.816. The van der Waals surface area contributed by atoms with E-state index in [1.165, 1.54) is 18.1 Å². The molecule has 1 amide bonds. The summed E-state index contributed by atoms with van der Waals surface area (Å²) in [7, 11) is 5.24. The summed E-state index contributed by atoms with van der Waals surface area (Å²) in [6.45, 7) is 1.19. The van der Waals surface area contributed by atoms with Gasteiger partial charge in [-0.05, 0) is 55.6 Å². The first-order chi connectivity index (χ1) is 17.8. The topological polar surface area (TPSA) is 79.3 Å². The standard InChI is InChI=1S/C29H29ClN2O5/c1-31(2)14-15-32-26(20-10-7-11-22(16-20)37-18-19-8-5-4-6-9-19)25(28(34)29(32)35)27(33)23-17-21(30)12-13-24(23)36-3/h4-13,16-17,26,33H,14-15,18H2,1-3H3/b27-25+. The Labute approximate surface area is 221 Å². The zero-order chi connectivity index (χ0) is 26.5. The largest absolute Gasteiger partial charge is 0.507 e. The summed E-state index contributed by atoms with van der Waals surface area (Å²) < 4.78 is 11.4. The smallest absolute Gasteiger partial charge is 0.295 e. The Kier molecular flexibility index (Phi) is 8.16.